The summed E-state index contributed by atoms with van der Waals surface area (Å²) in [5, 5.41) is 0. The standard InChI is InChI=1S/C23H25N3O2/c27-22(26(19-10-11-19)16-17-6-2-1-3-7-17)18-12-14-25(15-13-18)23-24-20-8-4-5-9-21(20)28-23/h1-9,18-19H,10-16H2. The molecule has 144 valence electrons. The Balaban J connectivity index is 1.24. The van der Waals surface area contributed by atoms with Crippen molar-refractivity contribution in [3.63, 3.8) is 0 Å². The molecule has 1 saturated heterocycles. The quantitative estimate of drug-likeness (QED) is 0.669. The number of oxazole rings is 1. The zero-order valence-electron chi connectivity index (χ0n) is 16.0. The summed E-state index contributed by atoms with van der Waals surface area (Å²) in [7, 11) is 0. The van der Waals surface area contributed by atoms with E-state index < -0.39 is 0 Å². The summed E-state index contributed by atoms with van der Waals surface area (Å²) < 4.78 is 5.90. The molecule has 2 aromatic carbocycles. The Labute approximate surface area is 165 Å². The first kappa shape index (κ1) is 17.3. The van der Waals surface area contributed by atoms with Gasteiger partial charge in [0.25, 0.3) is 6.01 Å². The Morgan fingerprint density at radius 3 is 2.43 bits per heavy atom. The predicted octanol–water partition coefficient (Wildman–Crippen LogP) is 4.24. The second-order valence-electron chi connectivity index (χ2n) is 7.91. The van der Waals surface area contributed by atoms with Gasteiger partial charge in [-0.3, -0.25) is 4.79 Å². The molecule has 3 aromatic rings. The van der Waals surface area contributed by atoms with E-state index in [2.05, 4.69) is 26.9 Å². The molecule has 2 aliphatic rings. The van der Waals surface area contributed by atoms with Gasteiger partial charge in [0.1, 0.15) is 5.52 Å². The van der Waals surface area contributed by atoms with Crippen LogP contribution in [0.15, 0.2) is 59.0 Å². The lowest BCUT2D eigenvalue weighted by Gasteiger charge is -2.33. The van der Waals surface area contributed by atoms with Crippen LogP contribution in [0.2, 0.25) is 0 Å². The highest BCUT2D eigenvalue weighted by Crippen LogP contribution is 2.33. The van der Waals surface area contributed by atoms with Crippen LogP contribution in [0.3, 0.4) is 0 Å². The van der Waals surface area contributed by atoms with Crippen LogP contribution in [0.4, 0.5) is 6.01 Å². The molecule has 0 atom stereocenters. The number of hydrogen-bond donors (Lipinski definition) is 0. The van der Waals surface area contributed by atoms with Gasteiger partial charge in [0.15, 0.2) is 5.58 Å². The Bertz CT molecular complexity index is 923. The van der Waals surface area contributed by atoms with Crippen LogP contribution >= 0.6 is 0 Å². The maximum atomic E-state index is 13.2. The van der Waals surface area contributed by atoms with Crippen LogP contribution in [0.1, 0.15) is 31.2 Å². The molecule has 0 bridgehead atoms. The summed E-state index contributed by atoms with van der Waals surface area (Å²) in [6.07, 6.45) is 3.99. The highest BCUT2D eigenvalue weighted by Gasteiger charge is 2.37. The minimum absolute atomic E-state index is 0.102. The van der Waals surface area contributed by atoms with Crippen molar-refractivity contribution in [3.8, 4) is 0 Å². The molecule has 1 amide bonds. The number of carbonyl (C=O) groups excluding carboxylic acids is 1. The van der Waals surface area contributed by atoms with E-state index in [9.17, 15) is 4.79 Å². The van der Waals surface area contributed by atoms with Crippen molar-refractivity contribution in [1.29, 1.82) is 0 Å². The van der Waals surface area contributed by atoms with Crippen LogP contribution in [0.5, 0.6) is 0 Å². The maximum Gasteiger partial charge on any atom is 0.298 e. The highest BCUT2D eigenvalue weighted by molar-refractivity contribution is 5.80. The van der Waals surface area contributed by atoms with Crippen molar-refractivity contribution >= 4 is 23.0 Å². The van der Waals surface area contributed by atoms with E-state index in [-0.39, 0.29) is 5.92 Å². The minimum atomic E-state index is 0.102. The van der Waals surface area contributed by atoms with Crippen LogP contribution in [0.25, 0.3) is 11.1 Å². The third-order valence-corrected chi connectivity index (χ3v) is 5.86. The molecule has 1 aliphatic heterocycles. The fourth-order valence-corrected chi connectivity index (χ4v) is 4.10. The topological polar surface area (TPSA) is 49.6 Å². The Kier molecular flexibility index (Phi) is 4.51. The number of rotatable bonds is 5. The van der Waals surface area contributed by atoms with E-state index in [1.165, 1.54) is 5.56 Å². The van der Waals surface area contributed by atoms with Crippen LogP contribution in [0, 0.1) is 5.92 Å². The summed E-state index contributed by atoms with van der Waals surface area (Å²) in [5.74, 6) is 0.425. The molecule has 2 heterocycles. The molecule has 1 saturated carbocycles. The van der Waals surface area contributed by atoms with E-state index in [0.29, 0.717) is 18.0 Å². The maximum absolute atomic E-state index is 13.2. The van der Waals surface area contributed by atoms with Gasteiger partial charge < -0.3 is 14.2 Å². The first-order valence-electron chi connectivity index (χ1n) is 10.2. The minimum Gasteiger partial charge on any atom is -0.423 e. The largest absolute Gasteiger partial charge is 0.423 e. The van der Waals surface area contributed by atoms with Crippen molar-refractivity contribution in [3.05, 3.63) is 60.2 Å². The second-order valence-corrected chi connectivity index (χ2v) is 7.91. The van der Waals surface area contributed by atoms with Gasteiger partial charge in [-0.1, -0.05) is 42.5 Å². The molecular weight excluding hydrogens is 350 g/mol. The van der Waals surface area contributed by atoms with Crippen molar-refractivity contribution < 1.29 is 9.21 Å². The van der Waals surface area contributed by atoms with Gasteiger partial charge in [0, 0.05) is 31.6 Å². The highest BCUT2D eigenvalue weighted by atomic mass is 16.4. The number of anilines is 1. The molecule has 2 fully saturated rings. The first-order valence-corrected chi connectivity index (χ1v) is 10.2. The fraction of sp³-hybridized carbons (Fsp3) is 0.391. The van der Waals surface area contributed by atoms with Gasteiger partial charge in [-0.2, -0.15) is 4.98 Å². The fourth-order valence-electron chi connectivity index (χ4n) is 4.10. The molecule has 0 N–H and O–H groups in total. The van der Waals surface area contributed by atoms with Crippen molar-refractivity contribution in [1.82, 2.24) is 9.88 Å². The SMILES string of the molecule is O=C(C1CCN(c2nc3ccccc3o2)CC1)N(Cc1ccccc1)C1CC1. The lowest BCUT2D eigenvalue weighted by molar-refractivity contribution is -0.137. The third-order valence-electron chi connectivity index (χ3n) is 5.86. The van der Waals surface area contributed by atoms with E-state index in [1.807, 2.05) is 42.5 Å². The number of hydrogen-bond acceptors (Lipinski definition) is 4. The molecule has 5 rings (SSSR count). The Morgan fingerprint density at radius 1 is 1.00 bits per heavy atom. The number of fused-ring (bicyclic) bond motifs is 1. The first-order chi connectivity index (χ1) is 13.8. The van der Waals surface area contributed by atoms with Crippen molar-refractivity contribution in [2.75, 3.05) is 18.0 Å². The number of benzene rings is 2. The van der Waals surface area contributed by atoms with Crippen molar-refractivity contribution in [2.24, 2.45) is 5.92 Å². The number of amides is 1. The molecule has 1 aliphatic carbocycles. The van der Waals surface area contributed by atoms with E-state index in [1.54, 1.807) is 0 Å². The van der Waals surface area contributed by atoms with Gasteiger partial charge in [-0.15, -0.1) is 0 Å². The van der Waals surface area contributed by atoms with Crippen molar-refractivity contribution in [2.45, 2.75) is 38.3 Å². The van der Waals surface area contributed by atoms with Gasteiger partial charge in [-0.25, -0.2) is 0 Å². The molecule has 0 unspecified atom stereocenters. The smallest absolute Gasteiger partial charge is 0.298 e. The number of para-hydroxylation sites is 2. The molecule has 0 radical (unpaired) electrons. The second kappa shape index (κ2) is 7.30. The van der Waals surface area contributed by atoms with Gasteiger partial charge in [0.05, 0.1) is 0 Å². The summed E-state index contributed by atoms with van der Waals surface area (Å²) in [6.45, 7) is 2.36. The molecular formula is C23H25N3O2. The number of carbonyl (C=O) groups is 1. The molecule has 5 heteroatoms. The van der Waals surface area contributed by atoms with E-state index in [0.717, 1.165) is 56.4 Å². The summed E-state index contributed by atoms with van der Waals surface area (Å²) in [4.78, 5) is 22.1. The average molecular weight is 375 g/mol. The zero-order chi connectivity index (χ0) is 18.9. The van der Waals surface area contributed by atoms with Gasteiger partial charge in [0.2, 0.25) is 5.91 Å². The van der Waals surface area contributed by atoms with Gasteiger partial charge >= 0.3 is 0 Å². The average Bonchev–Trinajstić information content (AvgIpc) is 3.50. The monoisotopic (exact) mass is 375 g/mol. The van der Waals surface area contributed by atoms with Crippen LogP contribution < -0.4 is 4.90 Å². The van der Waals surface area contributed by atoms with E-state index in [4.69, 9.17) is 4.42 Å². The molecule has 28 heavy (non-hydrogen) atoms. The predicted molar refractivity (Wildman–Crippen MR) is 109 cm³/mol. The molecule has 0 spiro atoms. The summed E-state index contributed by atoms with van der Waals surface area (Å²) in [6, 6.07) is 19.3. The lowest BCUT2D eigenvalue weighted by atomic mass is 9.95. The van der Waals surface area contributed by atoms with Crippen LogP contribution in [-0.4, -0.2) is 34.9 Å². The summed E-state index contributed by atoms with van der Waals surface area (Å²) >= 11 is 0. The molecule has 1 aromatic heterocycles. The number of nitrogens with zero attached hydrogens (tertiary/aromatic N) is 3. The Morgan fingerprint density at radius 2 is 1.71 bits per heavy atom. The number of piperidine rings is 1. The lowest BCUT2D eigenvalue weighted by Crippen LogP contribution is -2.43. The van der Waals surface area contributed by atoms with E-state index >= 15 is 0 Å². The molecule has 5 nitrogen and oxygen atoms in total. The summed E-state index contributed by atoms with van der Waals surface area (Å²) in [5.41, 5.74) is 2.92. The third kappa shape index (κ3) is 3.49. The zero-order valence-corrected chi connectivity index (χ0v) is 16.0. The Hall–Kier alpha value is -2.82. The number of aromatic nitrogens is 1. The van der Waals surface area contributed by atoms with Crippen LogP contribution in [-0.2, 0) is 11.3 Å². The normalized spacial score (nSPS) is 17.8. The van der Waals surface area contributed by atoms with Gasteiger partial charge in [-0.05, 0) is 43.4 Å².